The van der Waals surface area contributed by atoms with Crippen molar-refractivity contribution in [1.29, 1.82) is 0 Å². The van der Waals surface area contributed by atoms with E-state index in [2.05, 4.69) is 46.8 Å². The van der Waals surface area contributed by atoms with Gasteiger partial charge in [-0.2, -0.15) is 0 Å². The van der Waals surface area contributed by atoms with Gasteiger partial charge in [0, 0.05) is 6.08 Å². The minimum absolute atomic E-state index is 0.254. The first-order valence-electron chi connectivity index (χ1n) is 8.35. The van der Waals surface area contributed by atoms with E-state index in [1.165, 1.54) is 35.6 Å². The monoisotopic (exact) mass is 313 g/mol. The number of primary amides is 1. The van der Waals surface area contributed by atoms with Crippen molar-refractivity contribution >= 4 is 5.91 Å². The van der Waals surface area contributed by atoms with E-state index < -0.39 is 5.91 Å². The fourth-order valence-corrected chi connectivity index (χ4v) is 2.98. The smallest absolute Gasteiger partial charge is 0.241 e. The number of rotatable bonds is 5. The van der Waals surface area contributed by atoms with Crippen LogP contribution in [0.25, 0.3) is 0 Å². The second-order valence-electron chi connectivity index (χ2n) is 7.31. The Morgan fingerprint density at radius 1 is 1.22 bits per heavy atom. The van der Waals surface area contributed by atoms with E-state index >= 15 is 0 Å². The van der Waals surface area contributed by atoms with Gasteiger partial charge in [0.1, 0.15) is 0 Å². The van der Waals surface area contributed by atoms with Crippen molar-refractivity contribution in [3.63, 3.8) is 0 Å². The fraction of sp³-hybridized carbons (Fsp3) is 0.476. The van der Waals surface area contributed by atoms with Crippen LogP contribution in [-0.2, 0) is 4.79 Å². The average molecular weight is 313 g/mol. The van der Waals surface area contributed by atoms with Gasteiger partial charge in [-0.3, -0.25) is 4.79 Å². The number of allylic oxidation sites excluding steroid dienone is 9. The summed E-state index contributed by atoms with van der Waals surface area (Å²) in [6.07, 6.45) is 14.3. The summed E-state index contributed by atoms with van der Waals surface area (Å²) >= 11 is 0. The van der Waals surface area contributed by atoms with Crippen LogP contribution in [-0.4, -0.2) is 5.91 Å². The fourth-order valence-electron chi connectivity index (χ4n) is 2.98. The Balaban J connectivity index is 2.87. The Kier molecular flexibility index (Phi) is 6.80. The topological polar surface area (TPSA) is 43.1 Å². The summed E-state index contributed by atoms with van der Waals surface area (Å²) in [5.41, 5.74) is 10.4. The predicted octanol–water partition coefficient (Wildman–Crippen LogP) is 5.25. The summed E-state index contributed by atoms with van der Waals surface area (Å²) in [4.78, 5) is 10.8. The molecule has 0 aromatic heterocycles. The number of nitrogens with two attached hydrogens (primary N) is 1. The molecule has 0 aliphatic heterocycles. The Morgan fingerprint density at radius 3 is 2.48 bits per heavy atom. The Hall–Kier alpha value is -1.83. The number of carbonyl (C=O) groups excluding carboxylic acids is 1. The summed E-state index contributed by atoms with van der Waals surface area (Å²) in [5.74, 6) is 0.261. The Labute approximate surface area is 141 Å². The lowest BCUT2D eigenvalue weighted by atomic mass is 9.69. The first-order valence-corrected chi connectivity index (χ1v) is 8.35. The van der Waals surface area contributed by atoms with Crippen LogP contribution in [0.4, 0.5) is 0 Å². The van der Waals surface area contributed by atoms with Gasteiger partial charge >= 0.3 is 0 Å². The van der Waals surface area contributed by atoms with Crippen LogP contribution in [0.2, 0.25) is 0 Å². The van der Waals surface area contributed by atoms with E-state index in [0.717, 1.165) is 5.57 Å². The largest absolute Gasteiger partial charge is 0.366 e. The molecule has 0 heterocycles. The highest BCUT2D eigenvalue weighted by molar-refractivity contribution is 5.86. The standard InChI is InChI=1S/C21H31NO/c1-15(8-7-9-16(2)14-20(22)23)10-11-19-18(4)17(3)12-13-21(19,5)6/h7-11,14,17H,12-13H2,1-6H3,(H2,22,23)/b9-7+,11-10+,15-8+,16-14+. The third kappa shape index (κ3) is 6.05. The van der Waals surface area contributed by atoms with Crippen LogP contribution in [0, 0.1) is 11.3 Å². The van der Waals surface area contributed by atoms with Crippen molar-refractivity contribution in [2.75, 3.05) is 0 Å². The molecule has 2 N–H and O–H groups in total. The highest BCUT2D eigenvalue weighted by Gasteiger charge is 2.29. The first kappa shape index (κ1) is 19.2. The molecule has 126 valence electrons. The van der Waals surface area contributed by atoms with E-state index in [9.17, 15) is 4.79 Å². The van der Waals surface area contributed by atoms with E-state index in [0.29, 0.717) is 5.92 Å². The van der Waals surface area contributed by atoms with Gasteiger partial charge in [-0.25, -0.2) is 0 Å². The quantitative estimate of drug-likeness (QED) is 0.546. The van der Waals surface area contributed by atoms with Crippen molar-refractivity contribution in [2.45, 2.75) is 54.4 Å². The van der Waals surface area contributed by atoms with E-state index in [1.807, 2.05) is 25.2 Å². The molecule has 0 saturated heterocycles. The molecule has 1 amide bonds. The summed E-state index contributed by atoms with van der Waals surface area (Å²) in [6.45, 7) is 13.2. The summed E-state index contributed by atoms with van der Waals surface area (Å²) < 4.78 is 0. The first-order chi connectivity index (χ1) is 10.6. The molecule has 0 aromatic rings. The zero-order valence-corrected chi connectivity index (χ0v) is 15.4. The van der Waals surface area contributed by atoms with Crippen molar-refractivity contribution in [1.82, 2.24) is 0 Å². The van der Waals surface area contributed by atoms with Crippen LogP contribution in [0.1, 0.15) is 54.4 Å². The molecule has 1 atom stereocenters. The summed E-state index contributed by atoms with van der Waals surface area (Å²) in [5, 5.41) is 0. The number of hydrogen-bond donors (Lipinski definition) is 1. The molecule has 1 aliphatic carbocycles. The maximum absolute atomic E-state index is 10.8. The molecule has 0 radical (unpaired) electrons. The van der Waals surface area contributed by atoms with E-state index in [4.69, 9.17) is 5.73 Å². The van der Waals surface area contributed by atoms with Crippen LogP contribution in [0.3, 0.4) is 0 Å². The molecule has 0 fully saturated rings. The number of amides is 1. The molecule has 0 spiro atoms. The lowest BCUT2D eigenvalue weighted by Crippen LogP contribution is -2.23. The van der Waals surface area contributed by atoms with E-state index in [-0.39, 0.29) is 5.41 Å². The average Bonchev–Trinajstić information content (AvgIpc) is 2.42. The van der Waals surface area contributed by atoms with Gasteiger partial charge in [0.2, 0.25) is 5.91 Å². The molecule has 2 nitrogen and oxygen atoms in total. The van der Waals surface area contributed by atoms with Gasteiger partial charge < -0.3 is 5.73 Å². The van der Waals surface area contributed by atoms with Crippen LogP contribution in [0.15, 0.2) is 58.7 Å². The maximum atomic E-state index is 10.8. The molecule has 2 heteroatoms. The summed E-state index contributed by atoms with van der Waals surface area (Å²) in [6, 6.07) is 0. The van der Waals surface area contributed by atoms with Crippen LogP contribution < -0.4 is 5.73 Å². The van der Waals surface area contributed by atoms with Gasteiger partial charge in [0.15, 0.2) is 0 Å². The zero-order valence-electron chi connectivity index (χ0n) is 15.4. The molecule has 23 heavy (non-hydrogen) atoms. The second-order valence-corrected chi connectivity index (χ2v) is 7.31. The van der Waals surface area contributed by atoms with Crippen molar-refractivity contribution in [3.8, 4) is 0 Å². The van der Waals surface area contributed by atoms with E-state index in [1.54, 1.807) is 0 Å². The lowest BCUT2D eigenvalue weighted by Gasteiger charge is -2.36. The molecule has 1 unspecified atom stereocenters. The van der Waals surface area contributed by atoms with Gasteiger partial charge in [-0.15, -0.1) is 0 Å². The molecule has 0 aromatic carbocycles. The molecular weight excluding hydrogens is 282 g/mol. The van der Waals surface area contributed by atoms with Gasteiger partial charge in [0.05, 0.1) is 0 Å². The SMILES string of the molecule is CC1=C(/C=C/C(C)=C/C=C/C(C)=C/C(N)=O)C(C)(C)CCC1C. The van der Waals surface area contributed by atoms with Crippen LogP contribution in [0.5, 0.6) is 0 Å². The highest BCUT2D eigenvalue weighted by Crippen LogP contribution is 2.43. The maximum Gasteiger partial charge on any atom is 0.241 e. The minimum Gasteiger partial charge on any atom is -0.366 e. The third-order valence-corrected chi connectivity index (χ3v) is 4.70. The van der Waals surface area contributed by atoms with Gasteiger partial charge in [-0.1, -0.05) is 62.3 Å². The molecule has 1 rings (SSSR count). The minimum atomic E-state index is -0.413. The lowest BCUT2D eigenvalue weighted by molar-refractivity contribution is -0.113. The van der Waals surface area contributed by atoms with Gasteiger partial charge in [-0.05, 0) is 56.1 Å². The van der Waals surface area contributed by atoms with Crippen LogP contribution >= 0.6 is 0 Å². The van der Waals surface area contributed by atoms with Gasteiger partial charge in [0.25, 0.3) is 0 Å². The normalized spacial score (nSPS) is 23.1. The highest BCUT2D eigenvalue weighted by atomic mass is 16.1. The molecule has 1 aliphatic rings. The molecule has 0 saturated carbocycles. The predicted molar refractivity (Wildman–Crippen MR) is 99.9 cm³/mol. The van der Waals surface area contributed by atoms with Crippen molar-refractivity contribution in [3.05, 3.63) is 58.7 Å². The van der Waals surface area contributed by atoms with Crippen molar-refractivity contribution in [2.24, 2.45) is 17.1 Å². The Morgan fingerprint density at radius 2 is 1.87 bits per heavy atom. The van der Waals surface area contributed by atoms with Crippen molar-refractivity contribution < 1.29 is 4.79 Å². The number of hydrogen-bond acceptors (Lipinski definition) is 1. The second kappa shape index (κ2) is 8.14. The summed E-state index contributed by atoms with van der Waals surface area (Å²) in [7, 11) is 0. The zero-order chi connectivity index (χ0) is 17.6. The number of carbonyl (C=O) groups is 1. The molecular formula is C21H31NO. The Bertz CT molecular complexity index is 597. The third-order valence-electron chi connectivity index (χ3n) is 4.70. The molecule has 0 bridgehead atoms.